The first-order valence-corrected chi connectivity index (χ1v) is 3.62. The van der Waals surface area contributed by atoms with Gasteiger partial charge in [-0.2, -0.15) is 0 Å². The van der Waals surface area contributed by atoms with E-state index in [2.05, 4.69) is 10.0 Å². The molecule has 0 saturated heterocycles. The molecule has 0 aliphatic rings. The van der Waals surface area contributed by atoms with Crippen molar-refractivity contribution in [2.75, 3.05) is 13.2 Å². The Hall–Kier alpha value is -1.22. The van der Waals surface area contributed by atoms with Crippen LogP contribution in [0.2, 0.25) is 0 Å². The second kappa shape index (κ2) is 4.62. The van der Waals surface area contributed by atoms with Crippen LogP contribution in [-0.4, -0.2) is 19.1 Å². The van der Waals surface area contributed by atoms with Gasteiger partial charge in [0.25, 0.3) is 0 Å². The van der Waals surface area contributed by atoms with Crippen molar-refractivity contribution < 1.29 is 9.53 Å². The summed E-state index contributed by atoms with van der Waals surface area (Å²) in [6.45, 7) is 5.97. The van der Waals surface area contributed by atoms with Gasteiger partial charge in [0.2, 0.25) is 0 Å². The van der Waals surface area contributed by atoms with E-state index in [9.17, 15) is 4.79 Å². The largest absolute Gasteiger partial charge is 0.465 e. The van der Waals surface area contributed by atoms with Crippen molar-refractivity contribution in [2.45, 2.75) is 20.8 Å². The Morgan fingerprint density at radius 3 is 2.58 bits per heavy atom. The van der Waals surface area contributed by atoms with Gasteiger partial charge in [-0.15, -0.1) is 0 Å². The Morgan fingerprint density at radius 1 is 1.58 bits per heavy atom. The maximum Gasteiger partial charge on any atom is 0.311 e. The molecule has 0 fully saturated rings. The number of esters is 1. The zero-order valence-electron chi connectivity index (χ0n) is 7.57. The molecule has 0 aliphatic carbocycles. The third kappa shape index (κ3) is 6.89. The van der Waals surface area contributed by atoms with Gasteiger partial charge in [-0.25, -0.2) is 0 Å². The van der Waals surface area contributed by atoms with Gasteiger partial charge in [-0.05, 0) is 10.9 Å². The molecule has 0 saturated carbocycles. The Bertz CT molecular complexity index is 201. The summed E-state index contributed by atoms with van der Waals surface area (Å²) in [6.07, 6.45) is 0. The monoisotopic (exact) mass is 171 g/mol. The second-order valence-electron chi connectivity index (χ2n) is 3.61. The molecule has 0 rings (SSSR count). The van der Waals surface area contributed by atoms with Crippen LogP contribution >= 0.6 is 0 Å². The molecule has 12 heavy (non-hydrogen) atoms. The molecule has 0 aromatic carbocycles. The average Bonchev–Trinajstić information content (AvgIpc) is 1.95. The van der Waals surface area contributed by atoms with Crippen LogP contribution in [0.3, 0.4) is 0 Å². The second-order valence-corrected chi connectivity index (χ2v) is 3.61. The first-order chi connectivity index (χ1) is 5.45. The lowest BCUT2D eigenvalue weighted by Crippen LogP contribution is -2.19. The minimum Gasteiger partial charge on any atom is -0.465 e. The fourth-order valence-corrected chi connectivity index (χ4v) is 0.432. The highest BCUT2D eigenvalue weighted by molar-refractivity contribution is 5.71. The highest BCUT2D eigenvalue weighted by Gasteiger charge is 2.12. The normalized spacial score (nSPS) is 10.2. The zero-order valence-corrected chi connectivity index (χ0v) is 7.57. The van der Waals surface area contributed by atoms with Gasteiger partial charge in [0.1, 0.15) is 6.54 Å². The predicted molar refractivity (Wildman–Crippen MR) is 44.4 cm³/mol. The first-order valence-electron chi connectivity index (χ1n) is 3.62. The fraction of sp³-hybridized carbons (Fsp3) is 0.857. The molecule has 5 heteroatoms. The van der Waals surface area contributed by atoms with Crippen LogP contribution in [0.5, 0.6) is 0 Å². The van der Waals surface area contributed by atoms with Crippen molar-refractivity contribution in [1.82, 2.24) is 0 Å². The number of hydrogen-bond donors (Lipinski definition) is 0. The van der Waals surface area contributed by atoms with Gasteiger partial charge in [0.15, 0.2) is 0 Å². The van der Waals surface area contributed by atoms with E-state index in [0.29, 0.717) is 6.61 Å². The molecule has 0 aromatic rings. The highest BCUT2D eigenvalue weighted by atomic mass is 16.5. The molecule has 68 valence electrons. The van der Waals surface area contributed by atoms with Crippen LogP contribution in [0.1, 0.15) is 20.8 Å². The molecule has 0 N–H and O–H groups in total. The third-order valence-electron chi connectivity index (χ3n) is 0.929. The van der Waals surface area contributed by atoms with Crippen LogP contribution in [0.4, 0.5) is 0 Å². The lowest BCUT2D eigenvalue weighted by atomic mass is 9.99. The van der Waals surface area contributed by atoms with E-state index >= 15 is 0 Å². The number of carbonyl (C=O) groups excluding carboxylic acids is 1. The molecule has 0 bridgehead atoms. The van der Waals surface area contributed by atoms with Gasteiger partial charge < -0.3 is 4.74 Å². The number of ether oxygens (including phenoxy) is 1. The average molecular weight is 171 g/mol. The van der Waals surface area contributed by atoms with Gasteiger partial charge in [-0.3, -0.25) is 4.79 Å². The summed E-state index contributed by atoms with van der Waals surface area (Å²) >= 11 is 0. The molecule has 0 amide bonds. The van der Waals surface area contributed by atoms with Gasteiger partial charge in [0.05, 0.1) is 6.61 Å². The Morgan fingerprint density at radius 2 is 2.17 bits per heavy atom. The smallest absolute Gasteiger partial charge is 0.311 e. The lowest BCUT2D eigenvalue weighted by molar-refractivity contribution is -0.144. The van der Waals surface area contributed by atoms with Crippen LogP contribution in [-0.2, 0) is 9.53 Å². The summed E-state index contributed by atoms with van der Waals surface area (Å²) in [5.74, 6) is -0.484. The first kappa shape index (κ1) is 10.8. The molecule has 0 radical (unpaired) electrons. The molecule has 0 aliphatic heterocycles. The highest BCUT2D eigenvalue weighted by Crippen LogP contribution is 2.12. The van der Waals surface area contributed by atoms with Gasteiger partial charge in [-0.1, -0.05) is 25.9 Å². The molecule has 0 spiro atoms. The summed E-state index contributed by atoms with van der Waals surface area (Å²) in [5.41, 5.74) is 7.84. The van der Waals surface area contributed by atoms with Crippen molar-refractivity contribution in [1.29, 1.82) is 0 Å². The van der Waals surface area contributed by atoms with E-state index in [-0.39, 0.29) is 12.0 Å². The van der Waals surface area contributed by atoms with Crippen molar-refractivity contribution >= 4 is 5.97 Å². The zero-order chi connectivity index (χ0) is 9.61. The number of rotatable bonds is 3. The summed E-state index contributed by atoms with van der Waals surface area (Å²) in [6, 6.07) is 0. The van der Waals surface area contributed by atoms with E-state index in [1.54, 1.807) is 0 Å². The quantitative estimate of drug-likeness (QED) is 0.281. The Labute approximate surface area is 71.3 Å². The topological polar surface area (TPSA) is 75.1 Å². The number of azide groups is 1. The SMILES string of the molecule is CC(C)(C)COC(=O)CN=[N+]=[N-]. The van der Waals surface area contributed by atoms with Crippen molar-refractivity contribution in [3.8, 4) is 0 Å². The summed E-state index contributed by atoms with van der Waals surface area (Å²) < 4.78 is 4.80. The minimum atomic E-state index is -0.484. The predicted octanol–water partition coefficient (Wildman–Crippen LogP) is 1.89. The fourth-order valence-electron chi connectivity index (χ4n) is 0.432. The Balaban J connectivity index is 3.65. The standard InChI is InChI=1S/C7H13N3O2/c1-7(2,3)5-12-6(11)4-9-10-8/h4-5H2,1-3H3. The maximum atomic E-state index is 10.8. The van der Waals surface area contributed by atoms with Crippen molar-refractivity contribution in [2.24, 2.45) is 10.5 Å². The minimum absolute atomic E-state index is 0.0496. The lowest BCUT2D eigenvalue weighted by Gasteiger charge is -2.17. The van der Waals surface area contributed by atoms with E-state index in [4.69, 9.17) is 10.3 Å². The van der Waals surface area contributed by atoms with E-state index in [1.807, 2.05) is 20.8 Å². The van der Waals surface area contributed by atoms with Crippen LogP contribution in [0, 0.1) is 5.41 Å². The number of nitrogens with zero attached hydrogens (tertiary/aromatic N) is 3. The molecular formula is C7H13N3O2. The van der Waals surface area contributed by atoms with Gasteiger partial charge in [0, 0.05) is 4.91 Å². The molecular weight excluding hydrogens is 158 g/mol. The Kier molecular flexibility index (Phi) is 4.15. The summed E-state index contributed by atoms with van der Waals surface area (Å²) in [7, 11) is 0. The van der Waals surface area contributed by atoms with Crippen molar-refractivity contribution in [3.05, 3.63) is 10.4 Å². The van der Waals surface area contributed by atoms with E-state index in [0.717, 1.165) is 0 Å². The van der Waals surface area contributed by atoms with Crippen molar-refractivity contribution in [3.63, 3.8) is 0 Å². The van der Waals surface area contributed by atoms with Gasteiger partial charge >= 0.3 is 5.97 Å². The molecule has 0 unspecified atom stereocenters. The van der Waals surface area contributed by atoms with Crippen LogP contribution < -0.4 is 0 Å². The van der Waals surface area contributed by atoms with Crippen LogP contribution in [0.25, 0.3) is 10.4 Å². The number of carbonyl (C=O) groups is 1. The maximum absolute atomic E-state index is 10.8. The summed E-state index contributed by atoms with van der Waals surface area (Å²) in [4.78, 5) is 13.2. The number of hydrogen-bond acceptors (Lipinski definition) is 3. The molecule has 0 atom stereocenters. The summed E-state index contributed by atoms with van der Waals surface area (Å²) in [5, 5.41) is 3.08. The third-order valence-corrected chi connectivity index (χ3v) is 0.929. The van der Waals surface area contributed by atoms with E-state index < -0.39 is 5.97 Å². The van der Waals surface area contributed by atoms with E-state index in [1.165, 1.54) is 0 Å². The molecule has 5 nitrogen and oxygen atoms in total. The van der Waals surface area contributed by atoms with Crippen LogP contribution in [0.15, 0.2) is 5.11 Å². The molecule has 0 heterocycles. The molecule has 0 aromatic heterocycles.